The van der Waals surface area contributed by atoms with Gasteiger partial charge in [-0.25, -0.2) is 9.97 Å². The molecule has 1 amide bonds. The molecule has 0 saturated carbocycles. The Morgan fingerprint density at radius 2 is 1.90 bits per heavy atom. The summed E-state index contributed by atoms with van der Waals surface area (Å²) in [6.07, 6.45) is 0.399. The molecular weight excluding hydrogens is 402 g/mol. The molecule has 0 aliphatic rings. The summed E-state index contributed by atoms with van der Waals surface area (Å²) in [7, 11) is 1.64. The fraction of sp³-hybridized carbons (Fsp3) is 0.136. The fourth-order valence-electron chi connectivity index (χ4n) is 2.78. The van der Waals surface area contributed by atoms with E-state index in [2.05, 4.69) is 21.4 Å². The number of benzene rings is 2. The van der Waals surface area contributed by atoms with Crippen LogP contribution in [0.5, 0.6) is 5.75 Å². The zero-order valence-electron chi connectivity index (χ0n) is 15.8. The second kappa shape index (κ2) is 9.07. The van der Waals surface area contributed by atoms with E-state index in [1.807, 2.05) is 60.0 Å². The molecule has 0 aliphatic heterocycles. The van der Waals surface area contributed by atoms with Crippen LogP contribution in [0.1, 0.15) is 6.42 Å². The monoisotopic (exact) mass is 421 g/mol. The van der Waals surface area contributed by atoms with Crippen molar-refractivity contribution in [3.63, 3.8) is 0 Å². The zero-order valence-corrected chi connectivity index (χ0v) is 17.4. The molecule has 0 radical (unpaired) electrons. The number of nitrogens with one attached hydrogen (secondary N) is 1. The number of para-hydroxylation sites is 1. The Morgan fingerprint density at radius 1 is 1.07 bits per heavy atom. The third-order valence-electron chi connectivity index (χ3n) is 4.29. The maximum Gasteiger partial charge on any atom is 0.226 e. The third kappa shape index (κ3) is 4.93. The number of carbonyl (C=O) groups excluding carboxylic acids is 1. The van der Waals surface area contributed by atoms with Crippen LogP contribution in [0.3, 0.4) is 0 Å². The number of hydrogen-bond donors (Lipinski definition) is 1. The number of nitrogens with zero attached hydrogens (tertiary/aromatic N) is 2. The van der Waals surface area contributed by atoms with E-state index in [-0.39, 0.29) is 5.91 Å². The number of hydrogen-bond acceptors (Lipinski definition) is 6. The fourth-order valence-corrected chi connectivity index (χ4v) is 4.34. The van der Waals surface area contributed by atoms with Gasteiger partial charge in [0, 0.05) is 28.5 Å². The maximum absolute atomic E-state index is 12.2. The smallest absolute Gasteiger partial charge is 0.226 e. The lowest BCUT2D eigenvalue weighted by Gasteiger charge is -2.04. The summed E-state index contributed by atoms with van der Waals surface area (Å²) in [4.78, 5) is 21.4. The van der Waals surface area contributed by atoms with Crippen molar-refractivity contribution < 1.29 is 9.53 Å². The number of pyridine rings is 1. The summed E-state index contributed by atoms with van der Waals surface area (Å²) in [5, 5.41) is 7.46. The molecule has 0 bridgehead atoms. The normalized spacial score (nSPS) is 10.8. The Kier molecular flexibility index (Phi) is 6.07. The summed E-state index contributed by atoms with van der Waals surface area (Å²) in [5.41, 5.74) is 2.79. The molecule has 0 saturated heterocycles. The number of rotatable bonds is 7. The first-order valence-electron chi connectivity index (χ1n) is 9.10. The third-order valence-corrected chi connectivity index (χ3v) is 5.98. The van der Waals surface area contributed by atoms with Crippen LogP contribution in [0.25, 0.3) is 22.2 Å². The first-order valence-corrected chi connectivity index (χ1v) is 11.0. The average molecular weight is 422 g/mol. The standard InChI is InChI=1S/C22H19N3O2S2/c1-27-17-9-6-16(7-10-17)19-14-29-22(24-19)25-20(26)12-13-28-21-11-8-15-4-2-3-5-18(15)23-21/h2-11,14H,12-13H2,1H3,(H,24,25,26). The highest BCUT2D eigenvalue weighted by molar-refractivity contribution is 7.99. The second-order valence-electron chi connectivity index (χ2n) is 6.26. The van der Waals surface area contributed by atoms with Crippen LogP contribution < -0.4 is 10.1 Å². The number of thiazole rings is 1. The minimum atomic E-state index is -0.0473. The van der Waals surface area contributed by atoms with E-state index in [4.69, 9.17) is 4.74 Å². The van der Waals surface area contributed by atoms with Gasteiger partial charge in [0.15, 0.2) is 5.13 Å². The van der Waals surface area contributed by atoms with Crippen molar-refractivity contribution in [3.8, 4) is 17.0 Å². The Morgan fingerprint density at radius 3 is 2.72 bits per heavy atom. The highest BCUT2D eigenvalue weighted by atomic mass is 32.2. The van der Waals surface area contributed by atoms with Crippen LogP contribution in [-0.2, 0) is 4.79 Å². The van der Waals surface area contributed by atoms with Gasteiger partial charge in [0.1, 0.15) is 5.75 Å². The Hall–Kier alpha value is -2.90. The number of anilines is 1. The van der Waals surface area contributed by atoms with Gasteiger partial charge in [-0.3, -0.25) is 4.79 Å². The average Bonchev–Trinajstić information content (AvgIpc) is 3.22. The van der Waals surface area contributed by atoms with Crippen molar-refractivity contribution in [3.05, 3.63) is 66.0 Å². The maximum atomic E-state index is 12.2. The molecule has 4 aromatic rings. The molecule has 29 heavy (non-hydrogen) atoms. The van der Waals surface area contributed by atoms with Gasteiger partial charge in [-0.15, -0.1) is 23.1 Å². The number of aromatic nitrogens is 2. The molecule has 2 heterocycles. The van der Waals surface area contributed by atoms with Gasteiger partial charge in [0.2, 0.25) is 5.91 Å². The van der Waals surface area contributed by atoms with Gasteiger partial charge in [0.25, 0.3) is 0 Å². The molecule has 0 unspecified atom stereocenters. The quantitative estimate of drug-likeness (QED) is 0.400. The first kappa shape index (κ1) is 19.4. The lowest BCUT2D eigenvalue weighted by atomic mass is 10.2. The van der Waals surface area contributed by atoms with Crippen LogP contribution in [0.15, 0.2) is 71.1 Å². The molecule has 2 aromatic carbocycles. The minimum Gasteiger partial charge on any atom is -0.497 e. The van der Waals surface area contributed by atoms with Crippen molar-refractivity contribution in [1.29, 1.82) is 0 Å². The molecule has 0 spiro atoms. The van der Waals surface area contributed by atoms with E-state index in [0.717, 1.165) is 32.9 Å². The molecule has 2 aromatic heterocycles. The van der Waals surface area contributed by atoms with Crippen molar-refractivity contribution in [2.45, 2.75) is 11.4 Å². The van der Waals surface area contributed by atoms with Gasteiger partial charge in [-0.05, 0) is 36.4 Å². The van der Waals surface area contributed by atoms with E-state index in [1.54, 1.807) is 18.9 Å². The molecule has 0 fully saturated rings. The van der Waals surface area contributed by atoms with Crippen LogP contribution in [0.4, 0.5) is 5.13 Å². The molecule has 4 rings (SSSR count). The zero-order chi connectivity index (χ0) is 20.1. The van der Waals surface area contributed by atoms with Crippen LogP contribution in [0.2, 0.25) is 0 Å². The highest BCUT2D eigenvalue weighted by Gasteiger charge is 2.09. The number of fused-ring (bicyclic) bond motifs is 1. The van der Waals surface area contributed by atoms with Crippen LogP contribution >= 0.6 is 23.1 Å². The van der Waals surface area contributed by atoms with Gasteiger partial charge in [0.05, 0.1) is 23.3 Å². The lowest BCUT2D eigenvalue weighted by molar-refractivity contribution is -0.115. The van der Waals surface area contributed by atoms with E-state index in [1.165, 1.54) is 11.3 Å². The lowest BCUT2D eigenvalue weighted by Crippen LogP contribution is -2.12. The number of carbonyl (C=O) groups is 1. The largest absolute Gasteiger partial charge is 0.497 e. The molecule has 0 atom stereocenters. The number of ether oxygens (including phenoxy) is 1. The van der Waals surface area contributed by atoms with Crippen molar-refractivity contribution in [1.82, 2.24) is 9.97 Å². The number of thioether (sulfide) groups is 1. The predicted molar refractivity (Wildman–Crippen MR) is 120 cm³/mol. The minimum absolute atomic E-state index is 0.0473. The first-order chi connectivity index (χ1) is 14.2. The SMILES string of the molecule is COc1ccc(-c2csc(NC(=O)CCSc3ccc4ccccc4n3)n2)cc1. The van der Waals surface area contributed by atoms with E-state index in [9.17, 15) is 4.79 Å². The second-order valence-corrected chi connectivity index (χ2v) is 8.23. The van der Waals surface area contributed by atoms with E-state index < -0.39 is 0 Å². The Labute approximate surface area is 177 Å². The molecule has 7 heteroatoms. The molecular formula is C22H19N3O2S2. The van der Waals surface area contributed by atoms with E-state index >= 15 is 0 Å². The molecule has 1 N–H and O–H groups in total. The Bertz CT molecular complexity index is 1130. The van der Waals surface area contributed by atoms with E-state index in [0.29, 0.717) is 17.3 Å². The molecule has 146 valence electrons. The Balaban J connectivity index is 1.29. The topological polar surface area (TPSA) is 64.1 Å². The summed E-state index contributed by atoms with van der Waals surface area (Å²) in [6, 6.07) is 19.8. The predicted octanol–water partition coefficient (Wildman–Crippen LogP) is 5.49. The van der Waals surface area contributed by atoms with Gasteiger partial charge in [-0.2, -0.15) is 0 Å². The number of methoxy groups -OCH3 is 1. The van der Waals surface area contributed by atoms with Gasteiger partial charge >= 0.3 is 0 Å². The summed E-state index contributed by atoms with van der Waals surface area (Å²) in [6.45, 7) is 0. The summed E-state index contributed by atoms with van der Waals surface area (Å²) in [5.74, 6) is 1.42. The summed E-state index contributed by atoms with van der Waals surface area (Å²) >= 11 is 3.00. The van der Waals surface area contributed by atoms with Crippen LogP contribution in [-0.4, -0.2) is 28.7 Å². The van der Waals surface area contributed by atoms with Crippen molar-refractivity contribution >= 4 is 45.0 Å². The molecule has 5 nitrogen and oxygen atoms in total. The number of amides is 1. The summed E-state index contributed by atoms with van der Waals surface area (Å²) < 4.78 is 5.17. The van der Waals surface area contributed by atoms with Gasteiger partial charge < -0.3 is 10.1 Å². The van der Waals surface area contributed by atoms with Crippen molar-refractivity contribution in [2.75, 3.05) is 18.2 Å². The van der Waals surface area contributed by atoms with Gasteiger partial charge in [-0.1, -0.05) is 24.3 Å². The van der Waals surface area contributed by atoms with Crippen molar-refractivity contribution in [2.24, 2.45) is 0 Å². The van der Waals surface area contributed by atoms with Crippen LogP contribution in [0, 0.1) is 0 Å². The molecule has 0 aliphatic carbocycles. The highest BCUT2D eigenvalue weighted by Crippen LogP contribution is 2.27.